The van der Waals surface area contributed by atoms with Gasteiger partial charge in [-0.15, -0.1) is 0 Å². The second-order valence-corrected chi connectivity index (χ2v) is 2.09. The molecule has 1 saturated heterocycles. The molecule has 48 valence electrons. The smallest absolute Gasteiger partial charge is 0.166 e. The van der Waals surface area contributed by atoms with E-state index >= 15 is 0 Å². The lowest BCUT2D eigenvalue weighted by atomic mass is 10.1. The Morgan fingerprint density at radius 2 is 1.62 bits per heavy atom. The van der Waals surface area contributed by atoms with Crippen LogP contribution in [0.4, 0.5) is 0 Å². The van der Waals surface area contributed by atoms with Crippen LogP contribution in [0.3, 0.4) is 0 Å². The molecule has 3 nitrogen and oxygen atoms in total. The predicted octanol–water partition coefficient (Wildman–Crippen LogP) is -0.522. The highest BCUT2D eigenvalue weighted by Gasteiger charge is 2.25. The van der Waals surface area contributed by atoms with E-state index in [1.165, 1.54) is 0 Å². The van der Waals surface area contributed by atoms with Crippen molar-refractivity contribution in [2.24, 2.45) is 0 Å². The van der Waals surface area contributed by atoms with Gasteiger partial charge in [0.25, 0.3) is 0 Å². The van der Waals surface area contributed by atoms with E-state index in [9.17, 15) is 0 Å². The molecule has 0 aromatic rings. The molecule has 0 amide bonds. The molecule has 0 aromatic carbocycles. The van der Waals surface area contributed by atoms with Crippen molar-refractivity contribution in [2.45, 2.75) is 18.6 Å². The molecule has 1 aliphatic heterocycles. The molecule has 0 bridgehead atoms. The Labute approximate surface area is 47.9 Å². The van der Waals surface area contributed by atoms with Gasteiger partial charge in [-0.05, 0) is 0 Å². The van der Waals surface area contributed by atoms with Crippen molar-refractivity contribution in [3.63, 3.8) is 0 Å². The summed E-state index contributed by atoms with van der Waals surface area (Å²) in [4.78, 5) is 0. The first-order chi connectivity index (χ1) is 3.71. The lowest BCUT2D eigenvalue weighted by molar-refractivity contribution is -0.206. The van der Waals surface area contributed by atoms with E-state index in [4.69, 9.17) is 14.9 Å². The number of ether oxygens (including phenoxy) is 1. The zero-order chi connectivity index (χ0) is 6.04. The second kappa shape index (κ2) is 2.01. The van der Waals surface area contributed by atoms with Crippen LogP contribution in [0, 0.1) is 0 Å². The third kappa shape index (κ3) is 1.43. The van der Waals surface area contributed by atoms with Crippen LogP contribution in [0.25, 0.3) is 0 Å². The molecule has 0 atom stereocenters. The molecule has 2 N–H and O–H groups in total. The number of hydrogen-bond donors (Lipinski definition) is 2. The second-order valence-electron chi connectivity index (χ2n) is 2.09. The quantitative estimate of drug-likeness (QED) is 0.421. The molecule has 1 heterocycles. The molecular formula is C5H10O3. The highest BCUT2D eigenvalue weighted by Crippen LogP contribution is 2.15. The molecule has 0 spiro atoms. The Kier molecular flexibility index (Phi) is 1.51. The fraction of sp³-hybridized carbons (Fsp3) is 1.00. The largest absolute Gasteiger partial charge is 0.381 e. The monoisotopic (exact) mass is 118 g/mol. The van der Waals surface area contributed by atoms with E-state index in [1.807, 2.05) is 0 Å². The zero-order valence-electron chi connectivity index (χ0n) is 4.63. The van der Waals surface area contributed by atoms with E-state index < -0.39 is 5.79 Å². The molecule has 3 heteroatoms. The summed E-state index contributed by atoms with van der Waals surface area (Å²) in [6.07, 6.45) is 0.681. The van der Waals surface area contributed by atoms with Crippen LogP contribution in [0.5, 0.6) is 0 Å². The lowest BCUT2D eigenvalue weighted by Gasteiger charge is -2.25. The van der Waals surface area contributed by atoms with Gasteiger partial charge < -0.3 is 14.9 Å². The molecule has 0 aromatic heterocycles. The van der Waals surface area contributed by atoms with Crippen molar-refractivity contribution < 1.29 is 14.9 Å². The van der Waals surface area contributed by atoms with E-state index in [1.54, 1.807) is 0 Å². The molecule has 0 saturated carbocycles. The van der Waals surface area contributed by atoms with Crippen LogP contribution < -0.4 is 0 Å². The first-order valence-corrected chi connectivity index (χ1v) is 2.73. The summed E-state index contributed by atoms with van der Waals surface area (Å²) in [6.45, 7) is 0.931. The van der Waals surface area contributed by atoms with Crippen LogP contribution in [0.1, 0.15) is 12.8 Å². The molecule has 0 aliphatic carbocycles. The normalized spacial score (nSPS) is 27.8. The SMILES string of the molecule is OC1(O)CCOCC1. The van der Waals surface area contributed by atoms with Crippen LogP contribution in [-0.4, -0.2) is 29.2 Å². The van der Waals surface area contributed by atoms with Gasteiger partial charge in [-0.25, -0.2) is 0 Å². The van der Waals surface area contributed by atoms with Crippen molar-refractivity contribution >= 4 is 0 Å². The standard InChI is InChI=1S/C5H10O3/c6-5(7)1-3-8-4-2-5/h6-7H,1-4H2. The first kappa shape index (κ1) is 6.01. The predicted molar refractivity (Wildman–Crippen MR) is 27.2 cm³/mol. The summed E-state index contributed by atoms with van der Waals surface area (Å²) in [5.41, 5.74) is 0. The van der Waals surface area contributed by atoms with Crippen LogP contribution >= 0.6 is 0 Å². The van der Waals surface area contributed by atoms with Gasteiger partial charge in [0.15, 0.2) is 5.79 Å². The minimum absolute atomic E-state index is 0.340. The average Bonchev–Trinajstić information content (AvgIpc) is 1.65. The summed E-state index contributed by atoms with van der Waals surface area (Å²) in [5.74, 6) is -1.45. The molecule has 8 heavy (non-hydrogen) atoms. The van der Waals surface area contributed by atoms with Crippen molar-refractivity contribution in [2.75, 3.05) is 13.2 Å². The topological polar surface area (TPSA) is 49.7 Å². The fourth-order valence-electron chi connectivity index (χ4n) is 0.698. The Morgan fingerprint density at radius 1 is 1.12 bits per heavy atom. The summed E-state index contributed by atoms with van der Waals surface area (Å²) in [5, 5.41) is 17.7. The fourth-order valence-corrected chi connectivity index (χ4v) is 0.698. The van der Waals surface area contributed by atoms with E-state index in [-0.39, 0.29) is 0 Å². The third-order valence-electron chi connectivity index (χ3n) is 1.29. The van der Waals surface area contributed by atoms with Crippen LogP contribution in [0.2, 0.25) is 0 Å². The maximum atomic E-state index is 8.85. The van der Waals surface area contributed by atoms with Gasteiger partial charge >= 0.3 is 0 Å². The maximum absolute atomic E-state index is 8.85. The van der Waals surface area contributed by atoms with E-state index in [2.05, 4.69) is 0 Å². The Morgan fingerprint density at radius 3 is 1.88 bits per heavy atom. The van der Waals surface area contributed by atoms with Crippen LogP contribution in [0.15, 0.2) is 0 Å². The lowest BCUT2D eigenvalue weighted by Crippen LogP contribution is -2.35. The first-order valence-electron chi connectivity index (χ1n) is 2.73. The number of rotatable bonds is 0. The molecule has 0 unspecified atom stereocenters. The van der Waals surface area contributed by atoms with Gasteiger partial charge in [0.2, 0.25) is 0 Å². The van der Waals surface area contributed by atoms with Gasteiger partial charge in [-0.2, -0.15) is 0 Å². The summed E-state index contributed by atoms with van der Waals surface area (Å²) in [6, 6.07) is 0. The average molecular weight is 118 g/mol. The van der Waals surface area contributed by atoms with Crippen molar-refractivity contribution in [1.82, 2.24) is 0 Å². The van der Waals surface area contributed by atoms with Gasteiger partial charge in [-0.3, -0.25) is 0 Å². The third-order valence-corrected chi connectivity index (χ3v) is 1.29. The highest BCUT2D eigenvalue weighted by molar-refractivity contribution is 4.67. The maximum Gasteiger partial charge on any atom is 0.166 e. The molecule has 1 aliphatic rings. The number of hydrogen-bond acceptors (Lipinski definition) is 3. The number of aliphatic hydroxyl groups is 2. The summed E-state index contributed by atoms with van der Waals surface area (Å²) >= 11 is 0. The zero-order valence-corrected chi connectivity index (χ0v) is 4.63. The van der Waals surface area contributed by atoms with Gasteiger partial charge in [0.1, 0.15) is 0 Å². The molecule has 0 radical (unpaired) electrons. The Hall–Kier alpha value is -0.120. The summed E-state index contributed by atoms with van der Waals surface area (Å²) < 4.78 is 4.89. The molecular weight excluding hydrogens is 108 g/mol. The minimum Gasteiger partial charge on any atom is -0.381 e. The highest BCUT2D eigenvalue weighted by atomic mass is 16.5. The van der Waals surface area contributed by atoms with E-state index in [0.717, 1.165) is 0 Å². The Balaban J connectivity index is 2.33. The van der Waals surface area contributed by atoms with E-state index in [0.29, 0.717) is 26.1 Å². The van der Waals surface area contributed by atoms with Gasteiger partial charge in [0, 0.05) is 12.8 Å². The van der Waals surface area contributed by atoms with Crippen LogP contribution in [-0.2, 0) is 4.74 Å². The van der Waals surface area contributed by atoms with Gasteiger partial charge in [0.05, 0.1) is 13.2 Å². The van der Waals surface area contributed by atoms with Crippen molar-refractivity contribution in [1.29, 1.82) is 0 Å². The summed E-state index contributed by atoms with van der Waals surface area (Å²) in [7, 11) is 0. The van der Waals surface area contributed by atoms with Gasteiger partial charge in [-0.1, -0.05) is 0 Å². The Bertz CT molecular complexity index is 71.7. The molecule has 1 rings (SSSR count). The van der Waals surface area contributed by atoms with Crippen molar-refractivity contribution in [3.8, 4) is 0 Å². The minimum atomic E-state index is -1.45. The van der Waals surface area contributed by atoms with Crippen molar-refractivity contribution in [3.05, 3.63) is 0 Å². The molecule has 1 fully saturated rings.